The van der Waals surface area contributed by atoms with Crippen LogP contribution in [0.1, 0.15) is 6.42 Å². The normalized spacial score (nSPS) is 21.8. The van der Waals surface area contributed by atoms with Crippen LogP contribution >= 0.6 is 15.9 Å². The number of hydrogen-bond acceptors (Lipinski definition) is 5. The minimum Gasteiger partial charge on any atom is -0.324 e. The number of carbonyl (C=O) groups excluding carboxylic acids is 1. The van der Waals surface area contributed by atoms with Crippen LogP contribution in [0.25, 0.3) is 0 Å². The summed E-state index contributed by atoms with van der Waals surface area (Å²) in [5.41, 5.74) is 0.575. The minimum absolute atomic E-state index is 0.00856. The van der Waals surface area contributed by atoms with Gasteiger partial charge in [0.15, 0.2) is 9.84 Å². The van der Waals surface area contributed by atoms with E-state index in [-0.39, 0.29) is 29.9 Å². The van der Waals surface area contributed by atoms with Crippen molar-refractivity contribution in [2.24, 2.45) is 0 Å². The summed E-state index contributed by atoms with van der Waals surface area (Å²) in [4.78, 5) is 15.8. The van der Waals surface area contributed by atoms with Gasteiger partial charge in [0, 0.05) is 25.2 Å². The van der Waals surface area contributed by atoms with E-state index in [4.69, 9.17) is 0 Å². The molecule has 1 aliphatic heterocycles. The standard InChI is InChI=1S/C11H14BrN3O3S/c12-11-9(2-1-3-14-11)15-10(16)6-8-7-19(17,18)5-4-13-8/h1-3,8,13H,4-7H2,(H,15,16). The summed E-state index contributed by atoms with van der Waals surface area (Å²) in [6.07, 6.45) is 1.73. The SMILES string of the molecule is O=C(CC1CS(=O)(=O)CCN1)Nc1cccnc1Br. The molecule has 1 fully saturated rings. The van der Waals surface area contributed by atoms with E-state index < -0.39 is 9.84 Å². The first-order valence-corrected chi connectivity index (χ1v) is 8.42. The van der Waals surface area contributed by atoms with E-state index in [2.05, 4.69) is 31.5 Å². The first kappa shape index (κ1) is 14.4. The fraction of sp³-hybridized carbons (Fsp3) is 0.455. The zero-order valence-corrected chi connectivity index (χ0v) is 12.5. The van der Waals surface area contributed by atoms with Crippen molar-refractivity contribution in [3.05, 3.63) is 22.9 Å². The van der Waals surface area contributed by atoms with Gasteiger partial charge in [-0.25, -0.2) is 13.4 Å². The molecule has 2 N–H and O–H groups in total. The Morgan fingerprint density at radius 2 is 2.37 bits per heavy atom. The maximum atomic E-state index is 11.8. The van der Waals surface area contributed by atoms with Crippen molar-refractivity contribution in [2.45, 2.75) is 12.5 Å². The first-order valence-electron chi connectivity index (χ1n) is 5.80. The number of amides is 1. The number of halogens is 1. The summed E-state index contributed by atoms with van der Waals surface area (Å²) in [5.74, 6) is -0.0863. The average molecular weight is 348 g/mol. The molecule has 0 aliphatic carbocycles. The van der Waals surface area contributed by atoms with Crippen molar-refractivity contribution in [1.82, 2.24) is 10.3 Å². The van der Waals surface area contributed by atoms with Crippen molar-refractivity contribution in [3.8, 4) is 0 Å². The highest BCUT2D eigenvalue weighted by Crippen LogP contribution is 2.18. The molecule has 1 amide bonds. The minimum atomic E-state index is -3.02. The van der Waals surface area contributed by atoms with E-state index in [1.54, 1.807) is 18.3 Å². The lowest BCUT2D eigenvalue weighted by molar-refractivity contribution is -0.116. The number of nitrogens with one attached hydrogen (secondary N) is 2. The molecule has 1 unspecified atom stereocenters. The third kappa shape index (κ3) is 4.26. The Balaban J connectivity index is 1.93. The second-order valence-electron chi connectivity index (χ2n) is 4.36. The third-order valence-electron chi connectivity index (χ3n) is 2.77. The van der Waals surface area contributed by atoms with Crippen LogP contribution in [0.3, 0.4) is 0 Å². The zero-order chi connectivity index (χ0) is 13.9. The van der Waals surface area contributed by atoms with Crippen LogP contribution in [0.2, 0.25) is 0 Å². The van der Waals surface area contributed by atoms with E-state index in [1.807, 2.05) is 0 Å². The third-order valence-corrected chi connectivity index (χ3v) is 5.13. The Kier molecular flexibility index (Phi) is 4.54. The van der Waals surface area contributed by atoms with Gasteiger partial charge in [0.05, 0.1) is 17.2 Å². The van der Waals surface area contributed by atoms with Gasteiger partial charge in [-0.15, -0.1) is 0 Å². The highest BCUT2D eigenvalue weighted by Gasteiger charge is 2.26. The summed E-state index contributed by atoms with van der Waals surface area (Å²) in [6.45, 7) is 0.400. The van der Waals surface area contributed by atoms with E-state index in [9.17, 15) is 13.2 Å². The molecule has 19 heavy (non-hydrogen) atoms. The summed E-state index contributed by atoms with van der Waals surface area (Å²) >= 11 is 3.23. The Morgan fingerprint density at radius 3 is 3.05 bits per heavy atom. The van der Waals surface area contributed by atoms with Gasteiger partial charge in [0.2, 0.25) is 5.91 Å². The van der Waals surface area contributed by atoms with E-state index in [1.165, 1.54) is 0 Å². The number of nitrogens with zero attached hydrogens (tertiary/aromatic N) is 1. The van der Waals surface area contributed by atoms with Crippen molar-refractivity contribution < 1.29 is 13.2 Å². The smallest absolute Gasteiger partial charge is 0.226 e. The maximum absolute atomic E-state index is 11.8. The molecule has 0 aromatic carbocycles. The van der Waals surface area contributed by atoms with Crippen molar-refractivity contribution in [3.63, 3.8) is 0 Å². The maximum Gasteiger partial charge on any atom is 0.226 e. The molecule has 104 valence electrons. The summed E-state index contributed by atoms with van der Waals surface area (Å²) in [7, 11) is -3.02. The second kappa shape index (κ2) is 5.98. The molecule has 2 heterocycles. The molecule has 1 aromatic heterocycles. The van der Waals surface area contributed by atoms with Gasteiger partial charge in [-0.1, -0.05) is 0 Å². The van der Waals surface area contributed by atoms with E-state index in [0.717, 1.165) is 0 Å². The molecule has 1 atom stereocenters. The van der Waals surface area contributed by atoms with Gasteiger partial charge in [-0.3, -0.25) is 4.79 Å². The predicted molar refractivity (Wildman–Crippen MR) is 75.6 cm³/mol. The van der Waals surface area contributed by atoms with Gasteiger partial charge in [0.25, 0.3) is 0 Å². The van der Waals surface area contributed by atoms with Gasteiger partial charge >= 0.3 is 0 Å². The quantitative estimate of drug-likeness (QED) is 0.780. The summed E-state index contributed by atoms with van der Waals surface area (Å²) in [5, 5.41) is 5.74. The van der Waals surface area contributed by atoms with Crippen LogP contribution in [0, 0.1) is 0 Å². The van der Waals surface area contributed by atoms with Crippen LogP contribution in [-0.4, -0.2) is 43.4 Å². The molecule has 2 rings (SSSR count). The Labute approximate surface area is 120 Å². The summed E-state index contributed by atoms with van der Waals surface area (Å²) in [6, 6.07) is 3.11. The van der Waals surface area contributed by atoms with Crippen LogP contribution in [-0.2, 0) is 14.6 Å². The van der Waals surface area contributed by atoms with Crippen molar-refractivity contribution in [1.29, 1.82) is 0 Å². The molecular weight excluding hydrogens is 334 g/mol. The highest BCUT2D eigenvalue weighted by molar-refractivity contribution is 9.10. The lowest BCUT2D eigenvalue weighted by atomic mass is 10.2. The predicted octanol–water partition coefficient (Wildman–Crippen LogP) is 0.559. The Hall–Kier alpha value is -0.990. The van der Waals surface area contributed by atoms with Gasteiger partial charge in [0.1, 0.15) is 4.60 Å². The Morgan fingerprint density at radius 1 is 1.58 bits per heavy atom. The molecule has 0 spiro atoms. The average Bonchev–Trinajstić information content (AvgIpc) is 2.30. The lowest BCUT2D eigenvalue weighted by Crippen LogP contribution is -2.46. The molecule has 0 saturated carbocycles. The number of hydrogen-bond donors (Lipinski definition) is 2. The first-order chi connectivity index (χ1) is 8.96. The highest BCUT2D eigenvalue weighted by atomic mass is 79.9. The largest absolute Gasteiger partial charge is 0.324 e. The molecule has 1 aromatic rings. The molecule has 8 heteroatoms. The molecule has 0 bridgehead atoms. The molecular formula is C11H14BrN3O3S. The van der Waals surface area contributed by atoms with Crippen molar-refractivity contribution in [2.75, 3.05) is 23.4 Å². The number of anilines is 1. The van der Waals surface area contributed by atoms with Gasteiger partial charge in [-0.05, 0) is 28.1 Å². The van der Waals surface area contributed by atoms with Crippen LogP contribution in [0.4, 0.5) is 5.69 Å². The lowest BCUT2D eigenvalue weighted by Gasteiger charge is -2.23. The van der Waals surface area contributed by atoms with Crippen LogP contribution in [0.15, 0.2) is 22.9 Å². The molecule has 1 aliphatic rings. The fourth-order valence-corrected chi connectivity index (χ4v) is 3.70. The van der Waals surface area contributed by atoms with E-state index in [0.29, 0.717) is 16.8 Å². The number of sulfone groups is 1. The van der Waals surface area contributed by atoms with E-state index >= 15 is 0 Å². The van der Waals surface area contributed by atoms with Gasteiger partial charge < -0.3 is 10.6 Å². The second-order valence-corrected chi connectivity index (χ2v) is 7.34. The monoisotopic (exact) mass is 347 g/mol. The molecule has 6 nitrogen and oxygen atoms in total. The van der Waals surface area contributed by atoms with Gasteiger partial charge in [-0.2, -0.15) is 0 Å². The number of aromatic nitrogens is 1. The Bertz CT molecular complexity index is 576. The van der Waals surface area contributed by atoms with Crippen molar-refractivity contribution >= 4 is 37.4 Å². The topological polar surface area (TPSA) is 88.2 Å². The van der Waals surface area contributed by atoms with Crippen LogP contribution in [0.5, 0.6) is 0 Å². The number of carbonyl (C=O) groups is 1. The van der Waals surface area contributed by atoms with Crippen LogP contribution < -0.4 is 10.6 Å². The number of pyridine rings is 1. The number of rotatable bonds is 3. The molecule has 0 radical (unpaired) electrons. The summed E-state index contributed by atoms with van der Waals surface area (Å²) < 4.78 is 23.5. The fourth-order valence-electron chi connectivity index (χ4n) is 1.90. The zero-order valence-electron chi connectivity index (χ0n) is 10.1. The molecule has 1 saturated heterocycles.